The van der Waals surface area contributed by atoms with Gasteiger partial charge in [-0.2, -0.15) is 0 Å². The molecule has 2 aliphatic rings. The number of nitrogens with zero attached hydrogens (tertiary/aromatic N) is 6. The maximum Gasteiger partial charge on any atom is 0.410 e. The summed E-state index contributed by atoms with van der Waals surface area (Å²) in [7, 11) is 0. The lowest BCUT2D eigenvalue weighted by Crippen LogP contribution is -2.50. The lowest BCUT2D eigenvalue weighted by Gasteiger charge is -2.36. The molecule has 1 fully saturated rings. The number of hydrogen-bond donors (Lipinski definition) is 0. The number of imidazole rings is 1. The Morgan fingerprint density at radius 1 is 1.09 bits per heavy atom. The van der Waals surface area contributed by atoms with E-state index in [1.54, 1.807) is 4.90 Å². The van der Waals surface area contributed by atoms with E-state index in [1.165, 1.54) is 5.57 Å². The molecule has 9 heteroatoms. The van der Waals surface area contributed by atoms with E-state index in [0.29, 0.717) is 39.4 Å². The molecule has 0 saturated carbocycles. The molecule has 1 amide bonds. The van der Waals surface area contributed by atoms with Gasteiger partial charge in [-0.05, 0) is 51.8 Å². The van der Waals surface area contributed by atoms with Gasteiger partial charge in [-0.1, -0.05) is 6.08 Å². The Morgan fingerprint density at radius 2 is 1.89 bits per heavy atom. The van der Waals surface area contributed by atoms with Crippen LogP contribution in [0.1, 0.15) is 38.6 Å². The molecule has 0 atom stereocenters. The van der Waals surface area contributed by atoms with Gasteiger partial charge in [-0.15, -0.1) is 0 Å². The van der Waals surface area contributed by atoms with E-state index in [4.69, 9.17) is 24.4 Å². The maximum atomic E-state index is 12.3. The van der Waals surface area contributed by atoms with E-state index in [1.807, 2.05) is 52.4 Å². The summed E-state index contributed by atoms with van der Waals surface area (Å²) in [6.45, 7) is 11.6. The lowest BCUT2D eigenvalue weighted by atomic mass is 10.1. The summed E-state index contributed by atoms with van der Waals surface area (Å²) in [5.74, 6) is 0.896. The van der Waals surface area contributed by atoms with Gasteiger partial charge in [0, 0.05) is 44.1 Å². The van der Waals surface area contributed by atoms with E-state index < -0.39 is 5.60 Å². The summed E-state index contributed by atoms with van der Waals surface area (Å²) >= 11 is 0. The number of aryl methyl sites for hydroxylation is 1. The van der Waals surface area contributed by atoms with Crippen molar-refractivity contribution in [2.75, 3.05) is 44.3 Å². The predicted molar refractivity (Wildman–Crippen MR) is 134 cm³/mol. The van der Waals surface area contributed by atoms with Crippen LogP contribution in [0.5, 0.6) is 0 Å². The molecule has 1 saturated heterocycles. The highest BCUT2D eigenvalue weighted by Gasteiger charge is 2.26. The second kappa shape index (κ2) is 9.30. The highest BCUT2D eigenvalue weighted by molar-refractivity contribution is 5.76. The number of anilines is 1. The summed E-state index contributed by atoms with van der Waals surface area (Å²) in [6, 6.07) is 4.10. The van der Waals surface area contributed by atoms with Crippen LogP contribution in [-0.2, 0) is 9.47 Å². The molecule has 3 aromatic heterocycles. The second-order valence-electron chi connectivity index (χ2n) is 9.98. The molecule has 35 heavy (non-hydrogen) atoms. The first-order chi connectivity index (χ1) is 16.8. The van der Waals surface area contributed by atoms with Crippen molar-refractivity contribution in [3.63, 3.8) is 0 Å². The number of ether oxygens (including phenoxy) is 2. The van der Waals surface area contributed by atoms with Crippen molar-refractivity contribution < 1.29 is 14.3 Å². The Balaban J connectivity index is 1.33. The first kappa shape index (κ1) is 23.3. The Morgan fingerprint density at radius 3 is 2.54 bits per heavy atom. The van der Waals surface area contributed by atoms with Crippen LogP contribution in [0.3, 0.4) is 0 Å². The first-order valence-electron chi connectivity index (χ1n) is 12.1. The molecule has 184 valence electrons. The normalized spacial score (nSPS) is 17.0. The molecule has 0 spiro atoms. The summed E-state index contributed by atoms with van der Waals surface area (Å²) in [5, 5.41) is 0. The Bertz CT molecular complexity index is 1250. The van der Waals surface area contributed by atoms with Crippen LogP contribution in [0.2, 0.25) is 0 Å². The van der Waals surface area contributed by atoms with Crippen LogP contribution in [-0.4, -0.2) is 75.3 Å². The van der Waals surface area contributed by atoms with Crippen molar-refractivity contribution >= 4 is 23.1 Å². The summed E-state index contributed by atoms with van der Waals surface area (Å²) in [6.07, 6.45) is 8.50. The fourth-order valence-electron chi connectivity index (χ4n) is 4.45. The number of carbonyl (C=O) groups is 1. The molecule has 0 unspecified atom stereocenters. The van der Waals surface area contributed by atoms with Gasteiger partial charge >= 0.3 is 6.09 Å². The van der Waals surface area contributed by atoms with Gasteiger partial charge < -0.3 is 19.3 Å². The fourth-order valence-corrected chi connectivity index (χ4v) is 4.45. The van der Waals surface area contributed by atoms with Crippen molar-refractivity contribution in [3.8, 4) is 11.3 Å². The van der Waals surface area contributed by atoms with Crippen molar-refractivity contribution in [3.05, 3.63) is 48.2 Å². The summed E-state index contributed by atoms with van der Waals surface area (Å²) in [4.78, 5) is 30.6. The topological polar surface area (TPSA) is 85.1 Å². The zero-order valence-electron chi connectivity index (χ0n) is 20.8. The minimum Gasteiger partial charge on any atom is -0.444 e. The minimum atomic E-state index is -0.486. The van der Waals surface area contributed by atoms with Crippen LogP contribution < -0.4 is 4.90 Å². The third-order valence-corrected chi connectivity index (χ3v) is 6.18. The molecular weight excluding hydrogens is 444 g/mol. The van der Waals surface area contributed by atoms with Crippen LogP contribution in [0.15, 0.2) is 36.8 Å². The minimum absolute atomic E-state index is 0.257. The number of piperazine rings is 1. The molecule has 0 N–H and O–H groups in total. The van der Waals surface area contributed by atoms with Crippen molar-refractivity contribution in [1.82, 2.24) is 24.3 Å². The Labute approximate surface area is 205 Å². The van der Waals surface area contributed by atoms with Crippen LogP contribution >= 0.6 is 0 Å². The van der Waals surface area contributed by atoms with Gasteiger partial charge in [0.25, 0.3) is 0 Å². The van der Waals surface area contributed by atoms with Gasteiger partial charge in [0.2, 0.25) is 0 Å². The number of aromatic nitrogens is 4. The molecule has 5 rings (SSSR count). The molecule has 0 aliphatic carbocycles. The average Bonchev–Trinajstić information content (AvgIpc) is 3.24. The molecule has 5 heterocycles. The Hall–Kier alpha value is -3.46. The monoisotopic (exact) mass is 476 g/mol. The number of pyridine rings is 1. The maximum absolute atomic E-state index is 12.3. The van der Waals surface area contributed by atoms with Crippen LogP contribution in [0.4, 0.5) is 10.6 Å². The average molecular weight is 477 g/mol. The number of hydrogen-bond acceptors (Lipinski definition) is 7. The molecular formula is C26H32N6O3. The summed E-state index contributed by atoms with van der Waals surface area (Å²) in [5.41, 5.74) is 5.33. The first-order valence-corrected chi connectivity index (χ1v) is 12.1. The van der Waals surface area contributed by atoms with Crippen molar-refractivity contribution in [2.24, 2.45) is 0 Å². The molecule has 2 aliphatic heterocycles. The molecule has 9 nitrogen and oxygen atoms in total. The van der Waals surface area contributed by atoms with Gasteiger partial charge in [0.05, 0.1) is 30.8 Å². The lowest BCUT2D eigenvalue weighted by molar-refractivity contribution is 0.0240. The number of carbonyl (C=O) groups excluding carboxylic acids is 1. The third kappa shape index (κ3) is 5.00. The predicted octanol–water partition coefficient (Wildman–Crippen LogP) is 3.96. The van der Waals surface area contributed by atoms with E-state index in [2.05, 4.69) is 21.4 Å². The van der Waals surface area contributed by atoms with Gasteiger partial charge in [0.15, 0.2) is 5.65 Å². The Kier molecular flexibility index (Phi) is 6.19. The van der Waals surface area contributed by atoms with Crippen LogP contribution in [0.25, 0.3) is 22.5 Å². The zero-order valence-corrected chi connectivity index (χ0v) is 20.8. The molecule has 0 aromatic carbocycles. The van der Waals surface area contributed by atoms with Gasteiger partial charge in [-0.3, -0.25) is 9.38 Å². The second-order valence-corrected chi connectivity index (χ2v) is 9.98. The standard InChI is InChI=1S/C26H32N6O3/c1-18-17-32-21(16-28-23(24(32)29-18)19-7-13-34-14-8-19)20-5-6-22(27-15-20)30-9-11-31(12-10-30)25(33)35-26(2,3)4/h5-7,15-17H,8-14H2,1-4H3. The molecule has 0 bridgehead atoms. The molecule has 3 aromatic rings. The van der Waals surface area contributed by atoms with Crippen molar-refractivity contribution in [1.29, 1.82) is 0 Å². The molecule has 0 radical (unpaired) electrons. The SMILES string of the molecule is Cc1cn2c(-c3ccc(N4CCN(C(=O)OC(C)(C)C)CC4)nc3)cnc(C3=CCOCC3)c2n1. The van der Waals surface area contributed by atoms with E-state index in [9.17, 15) is 4.79 Å². The number of amides is 1. The highest BCUT2D eigenvalue weighted by Crippen LogP contribution is 2.28. The largest absolute Gasteiger partial charge is 0.444 e. The van der Waals surface area contributed by atoms with Crippen molar-refractivity contribution in [2.45, 2.75) is 39.7 Å². The zero-order chi connectivity index (χ0) is 24.6. The third-order valence-electron chi connectivity index (χ3n) is 6.18. The van der Waals surface area contributed by atoms with Gasteiger partial charge in [0.1, 0.15) is 17.1 Å². The van der Waals surface area contributed by atoms with E-state index in [-0.39, 0.29) is 6.09 Å². The van der Waals surface area contributed by atoms with E-state index in [0.717, 1.165) is 40.5 Å². The fraction of sp³-hybridized carbons (Fsp3) is 0.462. The highest BCUT2D eigenvalue weighted by atomic mass is 16.6. The summed E-state index contributed by atoms with van der Waals surface area (Å²) < 4.78 is 13.1. The van der Waals surface area contributed by atoms with Crippen LogP contribution in [0, 0.1) is 6.92 Å². The number of rotatable bonds is 3. The van der Waals surface area contributed by atoms with E-state index >= 15 is 0 Å². The number of fused-ring (bicyclic) bond motifs is 1. The van der Waals surface area contributed by atoms with Gasteiger partial charge in [-0.25, -0.2) is 14.8 Å². The smallest absolute Gasteiger partial charge is 0.410 e. The quantitative estimate of drug-likeness (QED) is 0.566.